The van der Waals surface area contributed by atoms with Gasteiger partial charge in [-0.15, -0.1) is 22.7 Å². The van der Waals surface area contributed by atoms with Crippen LogP contribution in [-0.2, 0) is 55.4 Å². The molecule has 0 radical (unpaired) electrons. The third kappa shape index (κ3) is 15.3. The normalized spacial score (nSPS) is 15.0. The number of carbonyl (C=O) groups excluding carboxylic acids is 4. The lowest BCUT2D eigenvalue weighted by atomic mass is 10.0. The Morgan fingerprint density at radius 1 is 0.719 bits per heavy atom. The number of nitrogens with zero attached hydrogens (tertiary/aromatic N) is 3. The maximum atomic E-state index is 13.8. The summed E-state index contributed by atoms with van der Waals surface area (Å²) in [6, 6.07) is 12.2. The number of esters is 2. The molecular formula is C45H64N4O11S4. The van der Waals surface area contributed by atoms with Crippen molar-refractivity contribution in [1.29, 1.82) is 0 Å². The van der Waals surface area contributed by atoms with Crippen molar-refractivity contribution in [3.8, 4) is 0 Å². The van der Waals surface area contributed by atoms with Crippen LogP contribution in [-0.4, -0.2) is 115 Å². The maximum Gasteiger partial charge on any atom is 0.324 e. The van der Waals surface area contributed by atoms with Crippen LogP contribution in [0.3, 0.4) is 0 Å². The lowest BCUT2D eigenvalue weighted by Crippen LogP contribution is -2.51. The van der Waals surface area contributed by atoms with Gasteiger partial charge in [0.05, 0.1) is 24.7 Å². The van der Waals surface area contributed by atoms with Gasteiger partial charge >= 0.3 is 18.0 Å². The Kier molecular flexibility index (Phi) is 18.1. The van der Waals surface area contributed by atoms with Gasteiger partial charge in [0.2, 0.25) is 26.0 Å². The van der Waals surface area contributed by atoms with Crippen molar-refractivity contribution >= 4 is 86.8 Å². The fourth-order valence-electron chi connectivity index (χ4n) is 7.05. The van der Waals surface area contributed by atoms with Crippen molar-refractivity contribution in [2.75, 3.05) is 32.8 Å². The number of amides is 3. The molecule has 0 aliphatic carbocycles. The number of ether oxygens (including phenoxy) is 2. The van der Waals surface area contributed by atoms with Crippen LogP contribution in [0.15, 0.2) is 59.3 Å². The molecule has 0 bridgehead atoms. The van der Waals surface area contributed by atoms with Crippen LogP contribution in [0.2, 0.25) is 0 Å². The Hall–Kier alpha value is -3.98. The number of aliphatic hydroxyl groups is 1. The smallest absolute Gasteiger partial charge is 0.324 e. The second-order valence-corrected chi connectivity index (χ2v) is 24.3. The van der Waals surface area contributed by atoms with E-state index in [9.17, 15) is 41.1 Å². The number of imide groups is 1. The summed E-state index contributed by atoms with van der Waals surface area (Å²) >= 11 is 3.16. The Bertz CT molecular complexity index is 2450. The highest BCUT2D eigenvalue weighted by Crippen LogP contribution is 2.28. The van der Waals surface area contributed by atoms with Gasteiger partial charge in [-0.2, -0.15) is 8.61 Å². The molecule has 5 rings (SSSR count). The molecule has 2 aromatic carbocycles. The molecule has 0 saturated carbocycles. The molecule has 1 fully saturated rings. The average molecular weight is 965 g/mol. The molecule has 0 unspecified atom stereocenters. The number of hydrogen-bond acceptors (Lipinski definition) is 13. The van der Waals surface area contributed by atoms with Gasteiger partial charge in [-0.1, -0.05) is 39.8 Å². The summed E-state index contributed by atoms with van der Waals surface area (Å²) < 4.78 is 69.5. The predicted molar refractivity (Wildman–Crippen MR) is 253 cm³/mol. The second kappa shape index (κ2) is 22.0. The molecule has 354 valence electrons. The molecule has 2 aromatic heterocycles. The summed E-state index contributed by atoms with van der Waals surface area (Å²) in [6.45, 7) is 17.0. The second-order valence-electron chi connectivity index (χ2n) is 18.6. The highest BCUT2D eigenvalue weighted by Gasteiger charge is 2.40. The minimum atomic E-state index is -4.03. The fraction of sp³-hybridized carbons (Fsp3) is 0.556. The van der Waals surface area contributed by atoms with Crippen molar-refractivity contribution in [1.82, 2.24) is 18.8 Å². The van der Waals surface area contributed by atoms with Crippen LogP contribution in [0.1, 0.15) is 93.2 Å². The van der Waals surface area contributed by atoms with E-state index < -0.39 is 67.2 Å². The topological polar surface area (TPSA) is 197 Å². The third-order valence-electron chi connectivity index (χ3n) is 9.69. The zero-order valence-corrected chi connectivity index (χ0v) is 41.7. The maximum absolute atomic E-state index is 13.8. The summed E-state index contributed by atoms with van der Waals surface area (Å²) in [6.07, 6.45) is 0.551. The molecule has 0 spiro atoms. The molecule has 2 N–H and O–H groups in total. The van der Waals surface area contributed by atoms with Gasteiger partial charge in [-0.3, -0.25) is 19.3 Å². The predicted octanol–water partition coefficient (Wildman–Crippen LogP) is 7.12. The zero-order valence-electron chi connectivity index (χ0n) is 38.5. The number of rotatable bonds is 19. The molecule has 3 heterocycles. The van der Waals surface area contributed by atoms with Crippen LogP contribution in [0.4, 0.5) is 4.79 Å². The summed E-state index contributed by atoms with van der Waals surface area (Å²) in [5.74, 6) is -2.17. The van der Waals surface area contributed by atoms with Gasteiger partial charge in [0, 0.05) is 29.0 Å². The van der Waals surface area contributed by atoms with Gasteiger partial charge in [-0.05, 0) is 135 Å². The highest BCUT2D eigenvalue weighted by atomic mass is 32.2. The summed E-state index contributed by atoms with van der Waals surface area (Å²) in [7, 11) is -7.89. The fourth-order valence-corrected chi connectivity index (χ4v) is 12.0. The van der Waals surface area contributed by atoms with Crippen molar-refractivity contribution < 1.29 is 50.6 Å². The van der Waals surface area contributed by atoms with Gasteiger partial charge < -0.3 is 19.9 Å². The van der Waals surface area contributed by atoms with E-state index in [-0.39, 0.29) is 62.5 Å². The Labute approximate surface area is 386 Å². The molecule has 3 amide bonds. The van der Waals surface area contributed by atoms with E-state index in [0.29, 0.717) is 17.5 Å². The van der Waals surface area contributed by atoms with E-state index in [1.165, 1.54) is 0 Å². The molecule has 4 aromatic rings. The van der Waals surface area contributed by atoms with E-state index in [0.717, 1.165) is 33.7 Å². The van der Waals surface area contributed by atoms with Crippen LogP contribution in [0.5, 0.6) is 0 Å². The molecule has 15 nitrogen and oxygen atoms in total. The number of aliphatic hydroxyl groups excluding tert-OH is 1. The summed E-state index contributed by atoms with van der Waals surface area (Å²) in [5, 5.41) is 17.8. The lowest BCUT2D eigenvalue weighted by Gasteiger charge is -2.33. The van der Waals surface area contributed by atoms with Gasteiger partial charge in [0.25, 0.3) is 0 Å². The molecule has 64 heavy (non-hydrogen) atoms. The van der Waals surface area contributed by atoms with Crippen molar-refractivity contribution in [2.24, 2.45) is 11.8 Å². The largest absolute Gasteiger partial charge is 0.459 e. The Morgan fingerprint density at radius 3 is 1.50 bits per heavy atom. The van der Waals surface area contributed by atoms with Gasteiger partial charge in [0.1, 0.15) is 23.3 Å². The number of fused-ring (bicyclic) bond motifs is 2. The monoisotopic (exact) mass is 964 g/mol. The molecule has 19 heteroatoms. The van der Waals surface area contributed by atoms with Crippen molar-refractivity contribution in [2.45, 2.75) is 117 Å². The zero-order chi connectivity index (χ0) is 47.8. The first-order valence-corrected chi connectivity index (χ1v) is 26.2. The standard InChI is InChI=1S/C24H33N3O6S2.C21H31NO5S2/c1-16(2)12-19(22(29)33-24(3,4)5)27(10-9-26-21(28)14-25-23(26)30)35(31,32)15-17-6-7-20-18(13-17)8-11-34-20;1-15(2)12-18(20(24)27-21(3,4)5)22(9-10-23)29(25,26)14-16-6-7-19-17(13-16)8-11-28-19/h6-8,11,13,16,19H,9-10,12,14-15H2,1-5H3,(H,25,30);6-8,11,13,15,18,23H,9-10,12,14H2,1-5H3/t19-;18-/m11/s1. The van der Waals surface area contributed by atoms with Crippen LogP contribution in [0.25, 0.3) is 20.2 Å². The lowest BCUT2D eigenvalue weighted by molar-refractivity contribution is -0.161. The minimum Gasteiger partial charge on any atom is -0.459 e. The molecule has 1 aliphatic heterocycles. The van der Waals surface area contributed by atoms with Crippen LogP contribution < -0.4 is 5.32 Å². The summed E-state index contributed by atoms with van der Waals surface area (Å²) in [4.78, 5) is 51.2. The minimum absolute atomic E-state index is 0.0101. The van der Waals surface area contributed by atoms with Crippen LogP contribution >= 0.6 is 22.7 Å². The Morgan fingerprint density at radius 2 is 1.14 bits per heavy atom. The van der Waals surface area contributed by atoms with E-state index in [1.807, 2.05) is 74.9 Å². The number of urea groups is 1. The van der Waals surface area contributed by atoms with Crippen molar-refractivity contribution in [3.63, 3.8) is 0 Å². The number of hydrogen-bond donors (Lipinski definition) is 2. The van der Waals surface area contributed by atoms with Crippen molar-refractivity contribution in [3.05, 3.63) is 70.4 Å². The van der Waals surface area contributed by atoms with E-state index >= 15 is 0 Å². The third-order valence-corrected chi connectivity index (χ3v) is 15.2. The van der Waals surface area contributed by atoms with Crippen LogP contribution in [0, 0.1) is 11.8 Å². The number of benzene rings is 2. The number of carbonyl (C=O) groups is 4. The average Bonchev–Trinajstić information content (AvgIpc) is 3.90. The first kappa shape index (κ1) is 52.6. The first-order chi connectivity index (χ1) is 29.7. The van der Waals surface area contributed by atoms with Gasteiger partial charge in [-0.25, -0.2) is 21.6 Å². The van der Waals surface area contributed by atoms with E-state index in [4.69, 9.17) is 9.47 Å². The SMILES string of the molecule is CC(C)C[C@H](C(=O)OC(C)(C)C)N(CCN1C(=O)CNC1=O)S(=O)(=O)Cc1ccc2sccc2c1.CC(C)C[C@H](C(=O)OC(C)(C)C)N(CCO)S(=O)(=O)Cc1ccc2sccc2c1. The first-order valence-electron chi connectivity index (χ1n) is 21.3. The summed E-state index contributed by atoms with van der Waals surface area (Å²) in [5.41, 5.74) is -0.309. The Balaban J connectivity index is 0.000000286. The number of nitrogens with one attached hydrogen (secondary N) is 1. The molecule has 2 atom stereocenters. The molecule has 1 aliphatic rings. The highest BCUT2D eigenvalue weighted by molar-refractivity contribution is 7.88. The molecular weight excluding hydrogens is 901 g/mol. The van der Waals surface area contributed by atoms with E-state index in [2.05, 4.69) is 5.32 Å². The quantitative estimate of drug-likeness (QED) is 0.0717. The molecule has 1 saturated heterocycles. The van der Waals surface area contributed by atoms with Gasteiger partial charge in [0.15, 0.2) is 0 Å². The number of sulfonamides is 2. The van der Waals surface area contributed by atoms with E-state index in [1.54, 1.807) is 76.3 Å². The number of thiophene rings is 2.